The molecule has 0 atom stereocenters. The van der Waals surface area contributed by atoms with Crippen molar-refractivity contribution in [2.45, 2.75) is 5.75 Å². The van der Waals surface area contributed by atoms with Crippen molar-refractivity contribution in [3.05, 3.63) is 53.8 Å². The van der Waals surface area contributed by atoms with E-state index in [9.17, 15) is 4.79 Å². The molecule has 7 heteroatoms. The standard InChI is InChI=1S/C15H13N3O2S2/c19-15(17-11-3-5-16-6-4-11)10-21-9-12-8-13(20-18-12)14-2-1-7-22-14/h1-8H,9-10H2,(H,16,17,19). The van der Waals surface area contributed by atoms with Gasteiger partial charge in [-0.25, -0.2) is 0 Å². The molecule has 0 aliphatic heterocycles. The van der Waals surface area contributed by atoms with Gasteiger partial charge in [-0.05, 0) is 23.6 Å². The maximum Gasteiger partial charge on any atom is 0.234 e. The van der Waals surface area contributed by atoms with Crippen LogP contribution in [0.5, 0.6) is 0 Å². The molecule has 0 saturated carbocycles. The maximum atomic E-state index is 11.8. The molecule has 0 aliphatic rings. The lowest BCUT2D eigenvalue weighted by molar-refractivity contribution is -0.113. The highest BCUT2D eigenvalue weighted by atomic mass is 32.2. The fourth-order valence-electron chi connectivity index (χ4n) is 1.80. The fourth-order valence-corrected chi connectivity index (χ4v) is 3.17. The zero-order chi connectivity index (χ0) is 15.2. The molecule has 0 aliphatic carbocycles. The number of hydrogen-bond donors (Lipinski definition) is 1. The molecule has 5 nitrogen and oxygen atoms in total. The highest BCUT2D eigenvalue weighted by Gasteiger charge is 2.09. The number of pyridine rings is 1. The minimum absolute atomic E-state index is 0.0434. The third kappa shape index (κ3) is 3.96. The van der Waals surface area contributed by atoms with Gasteiger partial charge in [0.2, 0.25) is 5.91 Å². The molecule has 3 aromatic rings. The molecule has 0 unspecified atom stereocenters. The molecule has 0 aromatic carbocycles. The van der Waals surface area contributed by atoms with Crippen molar-refractivity contribution in [1.29, 1.82) is 0 Å². The summed E-state index contributed by atoms with van der Waals surface area (Å²) in [5, 5.41) is 8.83. The SMILES string of the molecule is O=C(CSCc1cc(-c2cccs2)on1)Nc1ccncc1. The normalized spacial score (nSPS) is 10.5. The summed E-state index contributed by atoms with van der Waals surface area (Å²) >= 11 is 3.11. The van der Waals surface area contributed by atoms with E-state index in [1.807, 2.05) is 23.6 Å². The van der Waals surface area contributed by atoms with Gasteiger partial charge in [-0.15, -0.1) is 23.1 Å². The summed E-state index contributed by atoms with van der Waals surface area (Å²) in [5.74, 6) is 1.73. The highest BCUT2D eigenvalue weighted by Crippen LogP contribution is 2.26. The van der Waals surface area contributed by atoms with Crippen molar-refractivity contribution in [2.24, 2.45) is 0 Å². The van der Waals surface area contributed by atoms with Crippen LogP contribution in [0, 0.1) is 0 Å². The average molecular weight is 331 g/mol. The Bertz CT molecular complexity index is 726. The van der Waals surface area contributed by atoms with E-state index in [1.165, 1.54) is 11.8 Å². The second kappa shape index (κ2) is 7.24. The zero-order valence-electron chi connectivity index (χ0n) is 11.6. The van der Waals surface area contributed by atoms with E-state index in [4.69, 9.17) is 4.52 Å². The quantitative estimate of drug-likeness (QED) is 0.746. The van der Waals surface area contributed by atoms with Crippen LogP contribution in [0.4, 0.5) is 5.69 Å². The van der Waals surface area contributed by atoms with Gasteiger partial charge in [0.15, 0.2) is 5.76 Å². The number of amides is 1. The van der Waals surface area contributed by atoms with Gasteiger partial charge in [0.05, 0.1) is 16.3 Å². The number of rotatable bonds is 6. The Morgan fingerprint density at radius 1 is 1.32 bits per heavy atom. The monoisotopic (exact) mass is 331 g/mol. The second-order valence-electron chi connectivity index (χ2n) is 4.44. The third-order valence-electron chi connectivity index (χ3n) is 2.77. The molecule has 0 spiro atoms. The van der Waals surface area contributed by atoms with E-state index in [0.717, 1.165) is 22.0 Å². The van der Waals surface area contributed by atoms with Crippen molar-refractivity contribution in [3.63, 3.8) is 0 Å². The van der Waals surface area contributed by atoms with Gasteiger partial charge >= 0.3 is 0 Å². The number of anilines is 1. The molecule has 0 saturated heterocycles. The van der Waals surface area contributed by atoms with Crippen molar-refractivity contribution in [2.75, 3.05) is 11.1 Å². The lowest BCUT2D eigenvalue weighted by Crippen LogP contribution is -2.14. The van der Waals surface area contributed by atoms with Crippen molar-refractivity contribution in [1.82, 2.24) is 10.1 Å². The number of carbonyl (C=O) groups is 1. The van der Waals surface area contributed by atoms with Crippen LogP contribution in [0.2, 0.25) is 0 Å². The van der Waals surface area contributed by atoms with Crippen molar-refractivity contribution in [3.8, 4) is 10.6 Å². The van der Waals surface area contributed by atoms with Gasteiger partial charge in [0, 0.05) is 29.9 Å². The van der Waals surface area contributed by atoms with E-state index in [1.54, 1.807) is 35.9 Å². The first-order valence-electron chi connectivity index (χ1n) is 6.58. The second-order valence-corrected chi connectivity index (χ2v) is 6.37. The van der Waals surface area contributed by atoms with Crippen LogP contribution in [0.25, 0.3) is 10.6 Å². The zero-order valence-corrected chi connectivity index (χ0v) is 13.2. The van der Waals surface area contributed by atoms with Crippen LogP contribution in [0.3, 0.4) is 0 Å². The maximum absolute atomic E-state index is 11.8. The number of thioether (sulfide) groups is 1. The summed E-state index contributed by atoms with van der Waals surface area (Å²) in [7, 11) is 0. The first-order valence-corrected chi connectivity index (χ1v) is 8.62. The Hall–Kier alpha value is -2.12. The number of hydrogen-bond acceptors (Lipinski definition) is 6. The van der Waals surface area contributed by atoms with Gasteiger partial charge in [0.25, 0.3) is 0 Å². The molecule has 1 amide bonds. The summed E-state index contributed by atoms with van der Waals surface area (Å²) in [6.45, 7) is 0. The molecule has 3 aromatic heterocycles. The molecule has 1 N–H and O–H groups in total. The lowest BCUT2D eigenvalue weighted by atomic mass is 10.3. The van der Waals surface area contributed by atoms with Crippen LogP contribution in [-0.2, 0) is 10.5 Å². The van der Waals surface area contributed by atoms with Crippen LogP contribution >= 0.6 is 23.1 Å². The smallest absolute Gasteiger partial charge is 0.234 e. The number of aromatic nitrogens is 2. The summed E-state index contributed by atoms with van der Waals surface area (Å²) in [5.41, 5.74) is 1.59. The molecule has 0 fully saturated rings. The van der Waals surface area contributed by atoms with E-state index < -0.39 is 0 Å². The Labute approximate surface area is 135 Å². The Morgan fingerprint density at radius 3 is 2.95 bits per heavy atom. The number of nitrogens with one attached hydrogen (secondary N) is 1. The summed E-state index contributed by atoms with van der Waals surface area (Å²) in [6, 6.07) is 9.39. The molecular weight excluding hydrogens is 318 g/mol. The predicted molar refractivity (Wildman–Crippen MR) is 88.8 cm³/mol. The molecule has 112 valence electrons. The molecule has 0 radical (unpaired) electrons. The van der Waals surface area contributed by atoms with Gasteiger partial charge < -0.3 is 9.84 Å². The van der Waals surface area contributed by atoms with Crippen LogP contribution in [0.15, 0.2) is 52.6 Å². The minimum Gasteiger partial charge on any atom is -0.355 e. The molecule has 0 bridgehead atoms. The molecule has 3 heterocycles. The lowest BCUT2D eigenvalue weighted by Gasteiger charge is -2.03. The van der Waals surface area contributed by atoms with E-state index >= 15 is 0 Å². The molecule has 3 rings (SSSR count). The summed E-state index contributed by atoms with van der Waals surface area (Å²) in [6.07, 6.45) is 3.29. The number of thiophene rings is 1. The Balaban J connectivity index is 1.46. The van der Waals surface area contributed by atoms with E-state index in [0.29, 0.717) is 11.5 Å². The first-order chi connectivity index (χ1) is 10.8. The summed E-state index contributed by atoms with van der Waals surface area (Å²) in [4.78, 5) is 16.8. The van der Waals surface area contributed by atoms with Crippen molar-refractivity contribution >= 4 is 34.7 Å². The van der Waals surface area contributed by atoms with E-state index in [-0.39, 0.29) is 5.91 Å². The van der Waals surface area contributed by atoms with Crippen LogP contribution in [0.1, 0.15) is 5.69 Å². The predicted octanol–water partition coefficient (Wildman–Crippen LogP) is 3.67. The number of nitrogens with zero attached hydrogens (tertiary/aromatic N) is 2. The van der Waals surface area contributed by atoms with Crippen LogP contribution in [-0.4, -0.2) is 21.8 Å². The van der Waals surface area contributed by atoms with Gasteiger partial charge in [0.1, 0.15) is 0 Å². The van der Waals surface area contributed by atoms with Gasteiger partial charge in [-0.2, -0.15) is 0 Å². The topological polar surface area (TPSA) is 68.0 Å². The van der Waals surface area contributed by atoms with Gasteiger partial charge in [-0.3, -0.25) is 9.78 Å². The first kappa shape index (κ1) is 14.8. The van der Waals surface area contributed by atoms with E-state index in [2.05, 4.69) is 15.5 Å². The average Bonchev–Trinajstić information content (AvgIpc) is 3.19. The van der Waals surface area contributed by atoms with Gasteiger partial charge in [-0.1, -0.05) is 11.2 Å². The molecule has 22 heavy (non-hydrogen) atoms. The minimum atomic E-state index is -0.0434. The summed E-state index contributed by atoms with van der Waals surface area (Å²) < 4.78 is 5.30. The van der Waals surface area contributed by atoms with Crippen molar-refractivity contribution < 1.29 is 9.32 Å². The number of carbonyl (C=O) groups excluding carboxylic acids is 1. The highest BCUT2D eigenvalue weighted by molar-refractivity contribution is 7.99. The fraction of sp³-hybridized carbons (Fsp3) is 0.133. The van der Waals surface area contributed by atoms with Crippen LogP contribution < -0.4 is 5.32 Å². The largest absolute Gasteiger partial charge is 0.355 e. The Morgan fingerprint density at radius 2 is 2.18 bits per heavy atom. The molecular formula is C15H13N3O2S2. The Kier molecular flexibility index (Phi) is 4.87. The third-order valence-corrected chi connectivity index (χ3v) is 4.62.